The van der Waals surface area contributed by atoms with Crippen LogP contribution in [0, 0.1) is 10.1 Å². The minimum Gasteiger partial charge on any atom is -0.507 e. The number of nitro benzene ring substituents is 1. The first-order valence-corrected chi connectivity index (χ1v) is 11.5. The van der Waals surface area contributed by atoms with Crippen molar-refractivity contribution in [1.82, 2.24) is 4.98 Å². The summed E-state index contributed by atoms with van der Waals surface area (Å²) in [5.74, 6) is -0.345. The maximum atomic E-state index is 12.8. The molecule has 8 nitrogen and oxygen atoms in total. The van der Waals surface area contributed by atoms with Gasteiger partial charge < -0.3 is 9.52 Å². The predicted octanol–water partition coefficient (Wildman–Crippen LogP) is 7.20. The molecule has 0 radical (unpaired) electrons. The first-order valence-electron chi connectivity index (χ1n) is 11.1. The zero-order chi connectivity index (χ0) is 25.9. The van der Waals surface area contributed by atoms with Gasteiger partial charge in [-0.2, -0.15) is 0 Å². The minimum absolute atomic E-state index is 0.0554. The van der Waals surface area contributed by atoms with Crippen LogP contribution >= 0.6 is 11.6 Å². The SMILES string of the molecule is O=C(Nc1oc(-c2ccc(-c3cccc([N+](=O)[O-])c3)cc2O)nc1-c1ccc(Cl)cc1)c1ccccc1. The minimum atomic E-state index is -0.478. The summed E-state index contributed by atoms with van der Waals surface area (Å²) in [6.07, 6.45) is 0. The van der Waals surface area contributed by atoms with Crippen LogP contribution in [0.1, 0.15) is 10.4 Å². The number of carbonyl (C=O) groups excluding carboxylic acids is 1. The van der Waals surface area contributed by atoms with Crippen LogP contribution in [0.3, 0.4) is 0 Å². The van der Waals surface area contributed by atoms with Gasteiger partial charge in [-0.1, -0.05) is 60.1 Å². The smallest absolute Gasteiger partial charge is 0.270 e. The summed E-state index contributed by atoms with van der Waals surface area (Å²) in [5, 5.41) is 25.2. The summed E-state index contributed by atoms with van der Waals surface area (Å²) in [5.41, 5.74) is 2.82. The maximum Gasteiger partial charge on any atom is 0.270 e. The van der Waals surface area contributed by atoms with Gasteiger partial charge in [-0.05, 0) is 47.5 Å². The fourth-order valence-electron chi connectivity index (χ4n) is 3.78. The standard InChI is InChI=1S/C28H18ClN3O5/c29-21-12-9-17(10-13-21)25-28(31-26(34)18-5-2-1-3-6-18)37-27(30-25)23-14-11-20(16-24(23)33)19-7-4-8-22(15-19)32(35)36/h1-16,33H,(H,31,34). The quantitative estimate of drug-likeness (QED) is 0.184. The van der Waals surface area contributed by atoms with Crippen LogP contribution in [0.15, 0.2) is 101 Å². The van der Waals surface area contributed by atoms with Gasteiger partial charge in [-0.3, -0.25) is 20.2 Å². The van der Waals surface area contributed by atoms with Gasteiger partial charge in [0.1, 0.15) is 11.4 Å². The van der Waals surface area contributed by atoms with E-state index in [4.69, 9.17) is 16.0 Å². The molecule has 0 aliphatic carbocycles. The molecule has 9 heteroatoms. The number of aromatic hydroxyl groups is 1. The molecule has 5 rings (SSSR count). The van der Waals surface area contributed by atoms with Gasteiger partial charge in [0.15, 0.2) is 0 Å². The highest BCUT2D eigenvalue weighted by Crippen LogP contribution is 2.38. The lowest BCUT2D eigenvalue weighted by atomic mass is 10.0. The lowest BCUT2D eigenvalue weighted by molar-refractivity contribution is -0.384. The third kappa shape index (κ3) is 5.05. The average molecular weight is 512 g/mol. The van der Waals surface area contributed by atoms with Crippen LogP contribution in [0.25, 0.3) is 33.8 Å². The fraction of sp³-hybridized carbons (Fsp3) is 0. The molecule has 4 aromatic carbocycles. The second-order valence-electron chi connectivity index (χ2n) is 8.06. The zero-order valence-corrected chi connectivity index (χ0v) is 19.8. The number of phenolic OH excluding ortho intramolecular Hbond substituents is 1. The van der Waals surface area contributed by atoms with Crippen molar-refractivity contribution in [3.05, 3.63) is 118 Å². The van der Waals surface area contributed by atoms with Crippen LogP contribution in [-0.4, -0.2) is 20.9 Å². The highest BCUT2D eigenvalue weighted by atomic mass is 35.5. The topological polar surface area (TPSA) is 118 Å². The van der Waals surface area contributed by atoms with Crippen LogP contribution in [0.4, 0.5) is 11.6 Å². The number of phenols is 1. The molecule has 0 atom stereocenters. The van der Waals surface area contributed by atoms with E-state index in [0.717, 1.165) is 0 Å². The van der Waals surface area contributed by atoms with E-state index in [9.17, 15) is 20.0 Å². The Bertz CT molecular complexity index is 1620. The van der Waals surface area contributed by atoms with E-state index >= 15 is 0 Å². The summed E-state index contributed by atoms with van der Waals surface area (Å²) in [7, 11) is 0. The second-order valence-corrected chi connectivity index (χ2v) is 8.50. The maximum absolute atomic E-state index is 12.8. The second kappa shape index (κ2) is 9.96. The summed E-state index contributed by atoms with van der Waals surface area (Å²) >= 11 is 6.03. The number of rotatable bonds is 6. The third-order valence-corrected chi connectivity index (χ3v) is 5.88. The largest absolute Gasteiger partial charge is 0.507 e. The van der Waals surface area contributed by atoms with E-state index in [1.54, 1.807) is 72.8 Å². The molecular formula is C28H18ClN3O5. The van der Waals surface area contributed by atoms with Gasteiger partial charge >= 0.3 is 0 Å². The van der Waals surface area contributed by atoms with E-state index in [1.807, 2.05) is 6.07 Å². The van der Waals surface area contributed by atoms with Crippen LogP contribution in [0.2, 0.25) is 5.02 Å². The molecule has 0 spiro atoms. The molecule has 5 aromatic rings. The highest BCUT2D eigenvalue weighted by Gasteiger charge is 2.21. The normalized spacial score (nSPS) is 10.7. The first-order chi connectivity index (χ1) is 17.9. The Morgan fingerprint density at radius 1 is 0.892 bits per heavy atom. The molecule has 0 saturated carbocycles. The summed E-state index contributed by atoms with van der Waals surface area (Å²) in [6.45, 7) is 0. The van der Waals surface area contributed by atoms with Crippen LogP contribution in [0.5, 0.6) is 5.75 Å². The molecular weight excluding hydrogens is 494 g/mol. The van der Waals surface area contributed by atoms with Gasteiger partial charge in [0.2, 0.25) is 11.8 Å². The van der Waals surface area contributed by atoms with Gasteiger partial charge in [-0.25, -0.2) is 4.98 Å². The Balaban J connectivity index is 1.54. The molecule has 0 unspecified atom stereocenters. The van der Waals surface area contributed by atoms with Crippen molar-refractivity contribution < 1.29 is 19.2 Å². The van der Waals surface area contributed by atoms with Gasteiger partial charge in [0.05, 0.1) is 10.5 Å². The van der Waals surface area contributed by atoms with E-state index in [0.29, 0.717) is 33.0 Å². The molecule has 182 valence electrons. The van der Waals surface area contributed by atoms with Crippen molar-refractivity contribution in [1.29, 1.82) is 0 Å². The van der Waals surface area contributed by atoms with Crippen molar-refractivity contribution in [2.24, 2.45) is 0 Å². The number of hydrogen-bond donors (Lipinski definition) is 2. The van der Waals surface area contributed by atoms with Crippen molar-refractivity contribution in [2.75, 3.05) is 5.32 Å². The number of carbonyl (C=O) groups is 1. The number of nitrogens with zero attached hydrogens (tertiary/aromatic N) is 2. The van der Waals surface area contributed by atoms with Gasteiger partial charge in [0, 0.05) is 28.3 Å². The Hall–Kier alpha value is -4.95. The van der Waals surface area contributed by atoms with E-state index in [1.165, 1.54) is 18.2 Å². The number of benzene rings is 4. The monoisotopic (exact) mass is 511 g/mol. The van der Waals surface area contributed by atoms with E-state index < -0.39 is 4.92 Å². The summed E-state index contributed by atoms with van der Waals surface area (Å²) in [6, 6.07) is 26.4. The Morgan fingerprint density at radius 2 is 1.59 bits per heavy atom. The molecule has 1 aromatic heterocycles. The lowest BCUT2D eigenvalue weighted by Crippen LogP contribution is -2.11. The predicted molar refractivity (Wildman–Crippen MR) is 141 cm³/mol. The Labute approximate surface area is 216 Å². The van der Waals surface area contributed by atoms with Gasteiger partial charge in [0.25, 0.3) is 11.6 Å². The van der Waals surface area contributed by atoms with Crippen molar-refractivity contribution in [3.8, 4) is 39.6 Å². The fourth-order valence-corrected chi connectivity index (χ4v) is 3.91. The number of hydrogen-bond acceptors (Lipinski definition) is 6. The number of aromatic nitrogens is 1. The molecule has 2 N–H and O–H groups in total. The third-order valence-electron chi connectivity index (χ3n) is 5.63. The number of nitrogens with one attached hydrogen (secondary N) is 1. The van der Waals surface area contributed by atoms with Gasteiger partial charge in [-0.15, -0.1) is 0 Å². The number of amides is 1. The lowest BCUT2D eigenvalue weighted by Gasteiger charge is -2.06. The number of nitro groups is 1. The number of non-ortho nitro benzene ring substituents is 1. The van der Waals surface area contributed by atoms with Crippen LogP contribution < -0.4 is 5.32 Å². The van der Waals surface area contributed by atoms with E-state index in [2.05, 4.69) is 10.3 Å². The molecule has 0 saturated heterocycles. The van der Waals surface area contributed by atoms with E-state index in [-0.39, 0.29) is 34.7 Å². The molecule has 0 bridgehead atoms. The summed E-state index contributed by atoms with van der Waals surface area (Å²) in [4.78, 5) is 28.0. The molecule has 0 aliphatic heterocycles. The number of halogens is 1. The number of oxazole rings is 1. The molecule has 1 heterocycles. The Kier molecular flexibility index (Phi) is 6.40. The molecule has 0 fully saturated rings. The molecule has 1 amide bonds. The Morgan fingerprint density at radius 3 is 2.30 bits per heavy atom. The zero-order valence-electron chi connectivity index (χ0n) is 19.1. The first kappa shape index (κ1) is 23.8. The average Bonchev–Trinajstić information content (AvgIpc) is 3.32. The van der Waals surface area contributed by atoms with Crippen LogP contribution in [-0.2, 0) is 0 Å². The van der Waals surface area contributed by atoms with Crippen molar-refractivity contribution in [3.63, 3.8) is 0 Å². The molecule has 0 aliphatic rings. The highest BCUT2D eigenvalue weighted by molar-refractivity contribution is 6.30. The van der Waals surface area contributed by atoms with Crippen molar-refractivity contribution >= 4 is 29.1 Å². The number of anilines is 1. The van der Waals surface area contributed by atoms with Crippen molar-refractivity contribution in [2.45, 2.75) is 0 Å². The molecule has 37 heavy (non-hydrogen) atoms. The summed E-state index contributed by atoms with van der Waals surface area (Å²) < 4.78 is 5.93.